The molecule has 1 unspecified atom stereocenters. The normalized spacial score (nSPS) is 19.6. The highest BCUT2D eigenvalue weighted by molar-refractivity contribution is 5.41. The fourth-order valence-electron chi connectivity index (χ4n) is 2.02. The van der Waals surface area contributed by atoms with Gasteiger partial charge >= 0.3 is 0 Å². The van der Waals surface area contributed by atoms with Gasteiger partial charge < -0.3 is 15.4 Å². The van der Waals surface area contributed by atoms with Gasteiger partial charge in [0.1, 0.15) is 12.1 Å². The molecule has 1 atom stereocenters. The Bertz CT molecular complexity index is 358. The van der Waals surface area contributed by atoms with E-state index in [-0.39, 0.29) is 0 Å². The van der Waals surface area contributed by atoms with E-state index < -0.39 is 0 Å². The van der Waals surface area contributed by atoms with E-state index in [1.165, 1.54) is 0 Å². The number of nitrogens with zero attached hydrogens (tertiary/aromatic N) is 3. The van der Waals surface area contributed by atoms with Gasteiger partial charge in [-0.2, -0.15) is 0 Å². The fourth-order valence-corrected chi connectivity index (χ4v) is 2.02. The largest absolute Gasteiger partial charge is 0.478 e. The summed E-state index contributed by atoms with van der Waals surface area (Å²) in [5, 5.41) is 0. The summed E-state index contributed by atoms with van der Waals surface area (Å²) in [7, 11) is 0. The zero-order valence-electron chi connectivity index (χ0n) is 10.3. The van der Waals surface area contributed by atoms with Crippen LogP contribution in [0.4, 0.5) is 5.82 Å². The van der Waals surface area contributed by atoms with E-state index in [4.69, 9.17) is 10.5 Å². The molecule has 5 nitrogen and oxygen atoms in total. The van der Waals surface area contributed by atoms with Crippen molar-refractivity contribution in [2.75, 3.05) is 31.1 Å². The van der Waals surface area contributed by atoms with E-state index in [0.717, 1.165) is 38.3 Å². The van der Waals surface area contributed by atoms with E-state index in [1.54, 1.807) is 6.33 Å². The first kappa shape index (κ1) is 12.1. The van der Waals surface area contributed by atoms with E-state index in [9.17, 15) is 0 Å². The summed E-state index contributed by atoms with van der Waals surface area (Å²) in [6.07, 6.45) is 3.69. The molecule has 94 valence electrons. The van der Waals surface area contributed by atoms with Crippen LogP contribution in [0.1, 0.15) is 19.8 Å². The van der Waals surface area contributed by atoms with Gasteiger partial charge in [-0.1, -0.05) is 6.92 Å². The van der Waals surface area contributed by atoms with Crippen LogP contribution in [-0.4, -0.2) is 36.2 Å². The Balaban J connectivity index is 2.01. The molecule has 1 aliphatic rings. The van der Waals surface area contributed by atoms with E-state index in [1.807, 2.05) is 6.07 Å². The fraction of sp³-hybridized carbons (Fsp3) is 0.667. The molecule has 1 aromatic rings. The molecule has 0 aromatic carbocycles. The summed E-state index contributed by atoms with van der Waals surface area (Å²) in [5.41, 5.74) is 5.69. The highest BCUT2D eigenvalue weighted by Crippen LogP contribution is 2.23. The van der Waals surface area contributed by atoms with Crippen molar-refractivity contribution >= 4 is 5.82 Å². The number of ether oxygens (including phenoxy) is 1. The van der Waals surface area contributed by atoms with E-state index in [0.29, 0.717) is 18.4 Å². The first-order valence-corrected chi connectivity index (χ1v) is 6.23. The smallest absolute Gasteiger partial charge is 0.218 e. The number of hydrogen-bond acceptors (Lipinski definition) is 5. The molecule has 2 rings (SSSR count). The topological polar surface area (TPSA) is 64.3 Å². The standard InChI is InChI=1S/C12H20N4O/c1-2-5-17-12-6-11(14-9-15-12)16-4-3-10(7-13)8-16/h6,9-10H,2-5,7-8,13H2,1H3. The Kier molecular flexibility index (Phi) is 4.14. The number of anilines is 1. The van der Waals surface area contributed by atoms with Crippen molar-refractivity contribution in [1.82, 2.24) is 9.97 Å². The Morgan fingerprint density at radius 3 is 3.12 bits per heavy atom. The Hall–Kier alpha value is -1.36. The third-order valence-electron chi connectivity index (χ3n) is 3.02. The van der Waals surface area contributed by atoms with Crippen molar-refractivity contribution in [3.05, 3.63) is 12.4 Å². The van der Waals surface area contributed by atoms with Crippen molar-refractivity contribution < 1.29 is 4.74 Å². The predicted molar refractivity (Wildman–Crippen MR) is 67.2 cm³/mol. The van der Waals surface area contributed by atoms with Gasteiger partial charge in [-0.3, -0.25) is 0 Å². The van der Waals surface area contributed by atoms with Crippen molar-refractivity contribution in [3.8, 4) is 5.88 Å². The lowest BCUT2D eigenvalue weighted by Crippen LogP contribution is -2.23. The molecule has 2 N–H and O–H groups in total. The van der Waals surface area contributed by atoms with Crippen LogP contribution in [-0.2, 0) is 0 Å². The molecular weight excluding hydrogens is 216 g/mol. The lowest BCUT2D eigenvalue weighted by atomic mass is 10.1. The minimum atomic E-state index is 0.588. The second-order valence-corrected chi connectivity index (χ2v) is 4.40. The van der Waals surface area contributed by atoms with Crippen LogP contribution in [0, 0.1) is 5.92 Å². The quantitative estimate of drug-likeness (QED) is 0.828. The van der Waals surface area contributed by atoms with Crippen molar-refractivity contribution in [3.63, 3.8) is 0 Å². The third kappa shape index (κ3) is 3.06. The summed E-state index contributed by atoms with van der Waals surface area (Å²) in [6, 6.07) is 1.91. The monoisotopic (exact) mass is 236 g/mol. The maximum absolute atomic E-state index is 5.69. The van der Waals surface area contributed by atoms with Gasteiger partial charge in [-0.25, -0.2) is 9.97 Å². The van der Waals surface area contributed by atoms with Gasteiger partial charge in [-0.15, -0.1) is 0 Å². The van der Waals surface area contributed by atoms with E-state index in [2.05, 4.69) is 21.8 Å². The summed E-state index contributed by atoms with van der Waals surface area (Å²) in [6.45, 7) is 5.53. The molecule has 0 amide bonds. The van der Waals surface area contributed by atoms with Gasteiger partial charge in [0.15, 0.2) is 0 Å². The predicted octanol–water partition coefficient (Wildman–Crippen LogP) is 1.05. The summed E-state index contributed by atoms with van der Waals surface area (Å²) in [5.74, 6) is 2.19. The first-order valence-electron chi connectivity index (χ1n) is 6.23. The van der Waals surface area contributed by atoms with E-state index >= 15 is 0 Å². The number of aromatic nitrogens is 2. The van der Waals surface area contributed by atoms with Gasteiger partial charge in [0.25, 0.3) is 0 Å². The molecule has 0 saturated carbocycles. The molecule has 0 bridgehead atoms. The highest BCUT2D eigenvalue weighted by atomic mass is 16.5. The molecule has 2 heterocycles. The third-order valence-corrected chi connectivity index (χ3v) is 3.02. The van der Waals surface area contributed by atoms with Gasteiger partial charge in [0.05, 0.1) is 6.61 Å². The van der Waals surface area contributed by atoms with Gasteiger partial charge in [-0.05, 0) is 25.3 Å². The number of hydrogen-bond donors (Lipinski definition) is 1. The molecule has 0 radical (unpaired) electrons. The second-order valence-electron chi connectivity index (χ2n) is 4.40. The first-order chi connectivity index (χ1) is 8.33. The van der Waals surface area contributed by atoms with Gasteiger partial charge in [0.2, 0.25) is 5.88 Å². The van der Waals surface area contributed by atoms with Crippen molar-refractivity contribution in [1.29, 1.82) is 0 Å². The highest BCUT2D eigenvalue weighted by Gasteiger charge is 2.22. The van der Waals surface area contributed by atoms with Crippen LogP contribution in [0.25, 0.3) is 0 Å². The summed E-state index contributed by atoms with van der Waals surface area (Å²) < 4.78 is 5.51. The average molecular weight is 236 g/mol. The summed E-state index contributed by atoms with van der Waals surface area (Å²) >= 11 is 0. The lowest BCUT2D eigenvalue weighted by Gasteiger charge is -2.17. The molecule has 1 aromatic heterocycles. The number of rotatable bonds is 5. The molecule has 1 fully saturated rings. The summed E-state index contributed by atoms with van der Waals surface area (Å²) in [4.78, 5) is 10.6. The Morgan fingerprint density at radius 1 is 1.53 bits per heavy atom. The molecular formula is C12H20N4O. The molecule has 17 heavy (non-hydrogen) atoms. The zero-order chi connectivity index (χ0) is 12.1. The number of nitrogens with two attached hydrogens (primary N) is 1. The van der Waals surface area contributed by atoms with Crippen LogP contribution in [0.2, 0.25) is 0 Å². The Morgan fingerprint density at radius 2 is 2.41 bits per heavy atom. The average Bonchev–Trinajstić information content (AvgIpc) is 2.85. The van der Waals surface area contributed by atoms with Crippen molar-refractivity contribution in [2.45, 2.75) is 19.8 Å². The molecule has 1 saturated heterocycles. The van der Waals surface area contributed by atoms with Crippen LogP contribution in [0.3, 0.4) is 0 Å². The maximum Gasteiger partial charge on any atom is 0.218 e. The minimum Gasteiger partial charge on any atom is -0.478 e. The van der Waals surface area contributed by atoms with Gasteiger partial charge in [0, 0.05) is 19.2 Å². The van der Waals surface area contributed by atoms with Crippen molar-refractivity contribution in [2.24, 2.45) is 11.7 Å². The minimum absolute atomic E-state index is 0.588. The lowest BCUT2D eigenvalue weighted by molar-refractivity contribution is 0.304. The SMILES string of the molecule is CCCOc1cc(N2CCC(CN)C2)ncn1. The molecule has 1 aliphatic heterocycles. The van der Waals surface area contributed by atoms with Crippen LogP contribution in [0.5, 0.6) is 5.88 Å². The zero-order valence-corrected chi connectivity index (χ0v) is 10.3. The molecule has 0 aliphatic carbocycles. The van der Waals surface area contributed by atoms with Crippen LogP contribution >= 0.6 is 0 Å². The second kappa shape index (κ2) is 5.82. The molecule has 5 heteroatoms. The maximum atomic E-state index is 5.69. The molecule has 0 spiro atoms. The van der Waals surface area contributed by atoms with Crippen LogP contribution in [0.15, 0.2) is 12.4 Å². The Labute approximate surface area is 102 Å². The van der Waals surface area contributed by atoms with Crippen LogP contribution < -0.4 is 15.4 Å².